The van der Waals surface area contributed by atoms with Gasteiger partial charge in [0.05, 0.1) is 22.8 Å². The van der Waals surface area contributed by atoms with Crippen molar-refractivity contribution < 1.29 is 0 Å². The van der Waals surface area contributed by atoms with Crippen molar-refractivity contribution in [3.05, 3.63) is 146 Å². The van der Waals surface area contributed by atoms with Crippen LogP contribution in [0.25, 0.3) is 56.2 Å². The molecule has 0 atom stereocenters. The lowest BCUT2D eigenvalue weighted by Crippen LogP contribution is -1.94. The van der Waals surface area contributed by atoms with Gasteiger partial charge in [-0.1, -0.05) is 115 Å². The zero-order valence-corrected chi connectivity index (χ0v) is 19.8. The summed E-state index contributed by atoms with van der Waals surface area (Å²) in [5.74, 6) is 0. The second-order valence-corrected chi connectivity index (χ2v) is 8.71. The Morgan fingerprint density at radius 1 is 0.250 bits per heavy atom. The zero-order chi connectivity index (χ0) is 24.2. The van der Waals surface area contributed by atoms with Gasteiger partial charge in [-0.2, -0.15) is 0 Å². The maximum atomic E-state index is 5.06. The molecule has 0 spiro atoms. The summed E-state index contributed by atoms with van der Waals surface area (Å²) >= 11 is 0. The van der Waals surface area contributed by atoms with E-state index in [1.54, 1.807) is 0 Å². The Morgan fingerprint density at radius 3 is 1.42 bits per heavy atom. The second-order valence-electron chi connectivity index (χ2n) is 8.71. The molecule has 0 aliphatic heterocycles. The van der Waals surface area contributed by atoms with Crippen LogP contribution in [0, 0.1) is 0 Å². The first-order chi connectivity index (χ1) is 17.8. The van der Waals surface area contributed by atoms with Gasteiger partial charge >= 0.3 is 0 Å². The molecule has 0 N–H and O–H groups in total. The van der Waals surface area contributed by atoms with Crippen LogP contribution >= 0.6 is 0 Å². The second kappa shape index (κ2) is 9.81. The molecule has 0 radical (unpaired) electrons. The molecule has 0 aliphatic rings. The van der Waals surface area contributed by atoms with Gasteiger partial charge in [0.2, 0.25) is 0 Å². The maximum Gasteiger partial charge on any atom is 0.0900 e. The van der Waals surface area contributed by atoms with E-state index < -0.39 is 0 Å². The Hall–Kier alpha value is -4.82. The van der Waals surface area contributed by atoms with Crippen molar-refractivity contribution in [2.45, 2.75) is 0 Å². The summed E-state index contributed by atoms with van der Waals surface area (Å²) < 4.78 is 0. The Bertz CT molecular complexity index is 1550. The molecule has 2 nitrogen and oxygen atoms in total. The molecule has 36 heavy (non-hydrogen) atoms. The first kappa shape index (κ1) is 21.7. The summed E-state index contributed by atoms with van der Waals surface area (Å²) in [6.07, 6.45) is 0. The summed E-state index contributed by atoms with van der Waals surface area (Å²) in [6.45, 7) is 0. The predicted molar refractivity (Wildman–Crippen MR) is 149 cm³/mol. The van der Waals surface area contributed by atoms with Crippen molar-refractivity contribution in [2.75, 3.05) is 0 Å². The average Bonchev–Trinajstić information content (AvgIpc) is 2.98. The number of benzene rings is 4. The van der Waals surface area contributed by atoms with Crippen LogP contribution in [0.3, 0.4) is 0 Å². The van der Waals surface area contributed by atoms with Crippen LogP contribution < -0.4 is 0 Å². The van der Waals surface area contributed by atoms with E-state index in [9.17, 15) is 0 Å². The zero-order valence-electron chi connectivity index (χ0n) is 19.8. The van der Waals surface area contributed by atoms with Gasteiger partial charge in [-0.15, -0.1) is 0 Å². The van der Waals surface area contributed by atoms with Crippen molar-refractivity contribution in [3.8, 4) is 56.2 Å². The standard InChI is InChI=1S/C34H24N2/c1-4-12-25(13-5-1)28-18-10-19-29(22-28)31-20-11-21-32(35-31)34-24-30(26-14-6-2-7-15-26)23-33(36-34)27-16-8-3-9-17-27/h1-24H. The SMILES string of the molecule is c1ccc(-c2cccc(-c3cccc(-c4cc(-c5ccccc5)cc(-c5ccccc5)n4)n3)c2)cc1. The summed E-state index contributed by atoms with van der Waals surface area (Å²) in [4.78, 5) is 10.1. The normalized spacial score (nSPS) is 10.8. The number of aromatic nitrogens is 2. The van der Waals surface area contributed by atoms with E-state index in [1.165, 1.54) is 11.1 Å². The van der Waals surface area contributed by atoms with Crippen molar-refractivity contribution in [2.24, 2.45) is 0 Å². The number of pyridine rings is 2. The van der Waals surface area contributed by atoms with Crippen LogP contribution in [-0.2, 0) is 0 Å². The molecule has 2 heterocycles. The topological polar surface area (TPSA) is 25.8 Å². The third kappa shape index (κ3) is 4.57. The van der Waals surface area contributed by atoms with E-state index in [4.69, 9.17) is 9.97 Å². The fourth-order valence-corrected chi connectivity index (χ4v) is 4.44. The molecular formula is C34H24N2. The smallest absolute Gasteiger partial charge is 0.0900 e. The molecule has 170 valence electrons. The van der Waals surface area contributed by atoms with E-state index in [-0.39, 0.29) is 0 Å². The van der Waals surface area contributed by atoms with Crippen LogP contribution in [0.1, 0.15) is 0 Å². The van der Waals surface area contributed by atoms with Crippen LogP contribution in [0.15, 0.2) is 146 Å². The number of rotatable bonds is 5. The minimum Gasteiger partial charge on any atom is -0.246 e. The number of hydrogen-bond donors (Lipinski definition) is 0. The van der Waals surface area contributed by atoms with E-state index in [0.717, 1.165) is 45.0 Å². The average molecular weight is 461 g/mol. The molecule has 2 heteroatoms. The van der Waals surface area contributed by atoms with Gasteiger partial charge in [-0.25, -0.2) is 9.97 Å². The van der Waals surface area contributed by atoms with Gasteiger partial charge in [0.1, 0.15) is 0 Å². The molecule has 0 bridgehead atoms. The van der Waals surface area contributed by atoms with Gasteiger partial charge < -0.3 is 0 Å². The molecule has 0 amide bonds. The molecule has 0 fully saturated rings. The lowest BCUT2D eigenvalue weighted by molar-refractivity contribution is 1.25. The predicted octanol–water partition coefficient (Wildman–Crippen LogP) is 8.81. The first-order valence-electron chi connectivity index (χ1n) is 12.1. The van der Waals surface area contributed by atoms with E-state index in [1.807, 2.05) is 36.4 Å². The third-order valence-electron chi connectivity index (χ3n) is 6.28. The summed E-state index contributed by atoms with van der Waals surface area (Å²) in [6, 6.07) is 50.2. The fraction of sp³-hybridized carbons (Fsp3) is 0. The Labute approximate surface area is 211 Å². The lowest BCUT2D eigenvalue weighted by Gasteiger charge is -2.11. The van der Waals surface area contributed by atoms with E-state index >= 15 is 0 Å². The number of nitrogens with zero attached hydrogens (tertiary/aromatic N) is 2. The highest BCUT2D eigenvalue weighted by Gasteiger charge is 2.11. The first-order valence-corrected chi connectivity index (χ1v) is 12.1. The van der Waals surface area contributed by atoms with Crippen LogP contribution in [-0.4, -0.2) is 9.97 Å². The Kier molecular flexibility index (Phi) is 5.91. The minimum absolute atomic E-state index is 0.854. The molecular weight excluding hydrogens is 436 g/mol. The molecule has 6 aromatic rings. The lowest BCUT2D eigenvalue weighted by atomic mass is 10.0. The van der Waals surface area contributed by atoms with Crippen LogP contribution in [0.4, 0.5) is 0 Å². The molecule has 4 aromatic carbocycles. The minimum atomic E-state index is 0.854. The highest BCUT2D eigenvalue weighted by Crippen LogP contribution is 2.31. The molecule has 0 saturated carbocycles. The largest absolute Gasteiger partial charge is 0.246 e. The molecule has 2 aromatic heterocycles. The fourth-order valence-electron chi connectivity index (χ4n) is 4.44. The van der Waals surface area contributed by atoms with E-state index in [2.05, 4.69) is 109 Å². The van der Waals surface area contributed by atoms with Crippen molar-refractivity contribution >= 4 is 0 Å². The molecule has 6 rings (SSSR count). The van der Waals surface area contributed by atoms with Gasteiger partial charge in [0.25, 0.3) is 0 Å². The molecule has 0 saturated heterocycles. The quantitative estimate of drug-likeness (QED) is 0.257. The van der Waals surface area contributed by atoms with Crippen LogP contribution in [0.2, 0.25) is 0 Å². The Balaban J connectivity index is 1.45. The third-order valence-corrected chi connectivity index (χ3v) is 6.28. The monoisotopic (exact) mass is 460 g/mol. The molecule has 0 aliphatic carbocycles. The summed E-state index contributed by atoms with van der Waals surface area (Å²) in [5.41, 5.74) is 10.4. The van der Waals surface area contributed by atoms with Gasteiger partial charge in [0, 0.05) is 11.1 Å². The summed E-state index contributed by atoms with van der Waals surface area (Å²) in [5, 5.41) is 0. The maximum absolute atomic E-state index is 5.06. The Morgan fingerprint density at radius 2 is 0.722 bits per heavy atom. The van der Waals surface area contributed by atoms with Gasteiger partial charge in [-0.3, -0.25) is 0 Å². The molecule has 0 unspecified atom stereocenters. The highest BCUT2D eigenvalue weighted by atomic mass is 14.8. The highest BCUT2D eigenvalue weighted by molar-refractivity contribution is 5.77. The van der Waals surface area contributed by atoms with Gasteiger partial charge in [0.15, 0.2) is 0 Å². The van der Waals surface area contributed by atoms with Gasteiger partial charge in [-0.05, 0) is 52.6 Å². The summed E-state index contributed by atoms with van der Waals surface area (Å²) in [7, 11) is 0. The number of hydrogen-bond acceptors (Lipinski definition) is 2. The van der Waals surface area contributed by atoms with Crippen molar-refractivity contribution in [1.29, 1.82) is 0 Å². The van der Waals surface area contributed by atoms with Crippen molar-refractivity contribution in [1.82, 2.24) is 9.97 Å². The van der Waals surface area contributed by atoms with E-state index in [0.29, 0.717) is 0 Å². The van der Waals surface area contributed by atoms with Crippen molar-refractivity contribution in [3.63, 3.8) is 0 Å². The van der Waals surface area contributed by atoms with Crippen LogP contribution in [0.5, 0.6) is 0 Å².